The molecule has 6 nitrogen and oxygen atoms in total. The van der Waals surface area contributed by atoms with Crippen LogP contribution in [0.1, 0.15) is 49.9 Å². The van der Waals surface area contributed by atoms with Crippen molar-refractivity contribution in [2.75, 3.05) is 13.9 Å². The summed E-state index contributed by atoms with van der Waals surface area (Å²) >= 11 is 0. The number of carbonyl (C=O) groups excluding carboxylic acids is 1. The lowest BCUT2D eigenvalue weighted by molar-refractivity contribution is -0.153. The summed E-state index contributed by atoms with van der Waals surface area (Å²) in [6, 6.07) is 1.96. The van der Waals surface area contributed by atoms with Crippen LogP contribution in [0.3, 0.4) is 0 Å². The van der Waals surface area contributed by atoms with Crippen LogP contribution in [0.2, 0.25) is 0 Å². The lowest BCUT2D eigenvalue weighted by atomic mass is 9.77. The van der Waals surface area contributed by atoms with E-state index in [0.717, 1.165) is 22.3 Å². The second kappa shape index (κ2) is 7.17. The summed E-state index contributed by atoms with van der Waals surface area (Å²) < 4.78 is 23.0. The predicted molar refractivity (Wildman–Crippen MR) is 102 cm³/mol. The summed E-state index contributed by atoms with van der Waals surface area (Å²) in [6.07, 6.45) is -0.362. The Kier molecular flexibility index (Phi) is 4.98. The molecule has 4 rings (SSSR count). The molecule has 0 amide bonds. The molecule has 1 N–H and O–H groups in total. The minimum atomic E-state index is -0.855. The molecule has 3 heterocycles. The van der Waals surface area contributed by atoms with Crippen LogP contribution in [-0.2, 0) is 19.0 Å². The van der Waals surface area contributed by atoms with Crippen LogP contribution in [0.4, 0.5) is 0 Å². The minimum absolute atomic E-state index is 0.0732. The second-order valence-corrected chi connectivity index (χ2v) is 8.33. The first-order valence-electron chi connectivity index (χ1n) is 9.78. The molecule has 1 aliphatic carbocycles. The molecule has 28 heavy (non-hydrogen) atoms. The van der Waals surface area contributed by atoms with E-state index in [2.05, 4.69) is 13.5 Å². The Hall–Kier alpha value is -1.89. The van der Waals surface area contributed by atoms with Gasteiger partial charge < -0.3 is 23.7 Å². The molecule has 6 heteroatoms. The van der Waals surface area contributed by atoms with Crippen molar-refractivity contribution in [1.29, 1.82) is 0 Å². The Labute approximate surface area is 165 Å². The summed E-state index contributed by atoms with van der Waals surface area (Å²) in [5.41, 5.74) is 3.89. The monoisotopic (exact) mass is 388 g/mol. The SMILES string of the molecule is C=C(C)[C@@H]1CC(OCOC)[C@@H]2C(=O)O[C@H]3CC(C)=C(c4cc(C)c(o4)[C@H]1O)[C@H]32. The smallest absolute Gasteiger partial charge is 0.312 e. The molecule has 0 aromatic carbocycles. The fraction of sp³-hybridized carbons (Fsp3) is 0.591. The average Bonchev–Trinajstić information content (AvgIpc) is 3.24. The van der Waals surface area contributed by atoms with Crippen LogP contribution in [0.5, 0.6) is 0 Å². The third-order valence-corrected chi connectivity index (χ3v) is 6.42. The topological polar surface area (TPSA) is 78.1 Å². The first kappa shape index (κ1) is 19.4. The van der Waals surface area contributed by atoms with E-state index in [-0.39, 0.29) is 30.7 Å². The number of ether oxygens (including phenoxy) is 3. The van der Waals surface area contributed by atoms with E-state index < -0.39 is 18.1 Å². The van der Waals surface area contributed by atoms with Crippen molar-refractivity contribution in [2.45, 2.75) is 51.9 Å². The Morgan fingerprint density at radius 1 is 1.36 bits per heavy atom. The number of esters is 1. The van der Waals surface area contributed by atoms with E-state index in [9.17, 15) is 9.90 Å². The van der Waals surface area contributed by atoms with Gasteiger partial charge in [0.1, 0.15) is 30.5 Å². The quantitative estimate of drug-likeness (QED) is 0.483. The number of aliphatic hydroxyl groups excluding tert-OH is 1. The number of methoxy groups -OCH3 is 1. The molecule has 1 saturated heterocycles. The number of hydrogen-bond acceptors (Lipinski definition) is 6. The van der Waals surface area contributed by atoms with Gasteiger partial charge >= 0.3 is 5.97 Å². The molecule has 2 bridgehead atoms. The van der Waals surface area contributed by atoms with Gasteiger partial charge in [-0.05, 0) is 38.8 Å². The molecular weight excluding hydrogens is 360 g/mol. The van der Waals surface area contributed by atoms with Gasteiger partial charge in [0.2, 0.25) is 0 Å². The van der Waals surface area contributed by atoms with E-state index in [0.29, 0.717) is 24.4 Å². The van der Waals surface area contributed by atoms with Crippen LogP contribution in [0.15, 0.2) is 28.2 Å². The zero-order valence-corrected chi connectivity index (χ0v) is 16.9. The van der Waals surface area contributed by atoms with Crippen molar-refractivity contribution in [3.05, 3.63) is 40.9 Å². The molecular formula is C22H28O6. The van der Waals surface area contributed by atoms with E-state index in [1.807, 2.05) is 19.9 Å². The Balaban J connectivity index is 1.87. The summed E-state index contributed by atoms with van der Waals surface area (Å²) in [6.45, 7) is 10.0. The van der Waals surface area contributed by atoms with Gasteiger partial charge in [0, 0.05) is 30.9 Å². The van der Waals surface area contributed by atoms with Crippen LogP contribution in [0, 0.1) is 24.7 Å². The van der Waals surface area contributed by atoms with Crippen molar-refractivity contribution < 1.29 is 28.5 Å². The van der Waals surface area contributed by atoms with Crippen LogP contribution in [0.25, 0.3) is 5.57 Å². The summed E-state index contributed by atoms with van der Waals surface area (Å²) in [7, 11) is 1.55. The fourth-order valence-corrected chi connectivity index (χ4v) is 5.10. The van der Waals surface area contributed by atoms with Crippen molar-refractivity contribution >= 4 is 11.5 Å². The number of hydrogen-bond donors (Lipinski definition) is 1. The van der Waals surface area contributed by atoms with Crippen molar-refractivity contribution in [1.82, 2.24) is 0 Å². The summed E-state index contributed by atoms with van der Waals surface area (Å²) in [4.78, 5) is 12.8. The van der Waals surface area contributed by atoms with Crippen LogP contribution >= 0.6 is 0 Å². The average molecular weight is 388 g/mol. The number of fused-ring (bicyclic) bond motifs is 3. The van der Waals surface area contributed by atoms with Crippen molar-refractivity contribution in [2.24, 2.45) is 17.8 Å². The van der Waals surface area contributed by atoms with Crippen molar-refractivity contribution in [3.63, 3.8) is 0 Å². The third kappa shape index (κ3) is 2.95. The van der Waals surface area contributed by atoms with E-state index in [4.69, 9.17) is 18.6 Å². The lowest BCUT2D eigenvalue weighted by Crippen LogP contribution is -2.36. The molecule has 0 saturated carbocycles. The molecule has 152 valence electrons. The van der Waals surface area contributed by atoms with Crippen molar-refractivity contribution in [3.8, 4) is 0 Å². The highest BCUT2D eigenvalue weighted by Crippen LogP contribution is 2.53. The molecule has 6 atom stereocenters. The Morgan fingerprint density at radius 3 is 2.79 bits per heavy atom. The van der Waals surface area contributed by atoms with E-state index >= 15 is 0 Å². The first-order valence-corrected chi connectivity index (χ1v) is 9.78. The maximum Gasteiger partial charge on any atom is 0.312 e. The Bertz CT molecular complexity index is 834. The zero-order chi connectivity index (χ0) is 20.2. The highest BCUT2D eigenvalue weighted by Gasteiger charge is 2.55. The molecule has 0 radical (unpaired) electrons. The van der Waals surface area contributed by atoms with Gasteiger partial charge in [0.25, 0.3) is 0 Å². The fourth-order valence-electron chi connectivity index (χ4n) is 5.10. The van der Waals surface area contributed by atoms with Gasteiger partial charge in [-0.3, -0.25) is 4.79 Å². The van der Waals surface area contributed by atoms with E-state index in [1.54, 1.807) is 7.11 Å². The third-order valence-electron chi connectivity index (χ3n) is 6.42. The predicted octanol–water partition coefficient (Wildman–Crippen LogP) is 3.54. The molecule has 0 spiro atoms. The largest absolute Gasteiger partial charge is 0.461 e. The Morgan fingerprint density at radius 2 is 2.11 bits per heavy atom. The molecule has 2 aliphatic heterocycles. The first-order chi connectivity index (χ1) is 13.3. The summed E-state index contributed by atoms with van der Waals surface area (Å²) in [5, 5.41) is 11.1. The zero-order valence-electron chi connectivity index (χ0n) is 16.9. The van der Waals surface area contributed by atoms with Gasteiger partial charge in [-0.1, -0.05) is 17.7 Å². The van der Waals surface area contributed by atoms with Gasteiger partial charge in [0.05, 0.1) is 12.0 Å². The molecule has 1 unspecified atom stereocenters. The van der Waals surface area contributed by atoms with Gasteiger partial charge in [-0.2, -0.15) is 0 Å². The lowest BCUT2D eigenvalue weighted by Gasteiger charge is -2.32. The number of aliphatic hydroxyl groups is 1. The molecule has 1 aromatic heterocycles. The highest BCUT2D eigenvalue weighted by molar-refractivity contribution is 5.84. The standard InChI is InChI=1S/C22H28O6/c1-10(2)13-8-14(26-9-25-5)19-18-16(28-22(19)24)6-11(3)17(18)15-7-12(4)21(27-15)20(13)23/h7,13-14,16,18-20,23H,1,6,8-9H2,2-5H3/t13-,14?,16-,18-,19-,20-/m0/s1. The number of aryl methyl sites for hydroxylation is 1. The normalized spacial score (nSPS) is 34.4. The summed E-state index contributed by atoms with van der Waals surface area (Å²) in [5.74, 6) is 0.135. The second-order valence-electron chi connectivity index (χ2n) is 8.33. The van der Waals surface area contributed by atoms with E-state index in [1.165, 1.54) is 0 Å². The number of furan rings is 1. The molecule has 3 aliphatic rings. The van der Waals surface area contributed by atoms with Crippen LogP contribution < -0.4 is 0 Å². The van der Waals surface area contributed by atoms with Gasteiger partial charge in [0.15, 0.2) is 0 Å². The molecule has 1 fully saturated rings. The molecule has 1 aromatic rings. The highest BCUT2D eigenvalue weighted by atomic mass is 16.7. The maximum absolute atomic E-state index is 12.8. The minimum Gasteiger partial charge on any atom is -0.461 e. The van der Waals surface area contributed by atoms with Crippen LogP contribution in [-0.4, -0.2) is 37.2 Å². The van der Waals surface area contributed by atoms with Gasteiger partial charge in [-0.25, -0.2) is 0 Å². The number of carbonyl (C=O) groups is 1. The van der Waals surface area contributed by atoms with Gasteiger partial charge in [-0.15, -0.1) is 0 Å². The number of rotatable bonds is 4. The maximum atomic E-state index is 12.8.